The number of Topliss-reactive ketones (excluding diaryl/α,β-unsaturated/α-hetero) is 1. The first-order chi connectivity index (χ1) is 16.1. The van der Waals surface area contributed by atoms with Crippen LogP contribution < -0.4 is 5.73 Å². The number of hydrogen-bond donors (Lipinski definition) is 1. The number of benzene rings is 2. The Bertz CT molecular complexity index is 1160. The third-order valence-electron chi connectivity index (χ3n) is 6.69. The van der Waals surface area contributed by atoms with Crippen LogP contribution in [0.4, 0.5) is 0 Å². The summed E-state index contributed by atoms with van der Waals surface area (Å²) in [5.74, 6) is 0.103. The second kappa shape index (κ2) is 9.14. The molecule has 7 heteroatoms. The van der Waals surface area contributed by atoms with Crippen LogP contribution in [0.1, 0.15) is 35.8 Å². The van der Waals surface area contributed by atoms with E-state index in [1.54, 1.807) is 0 Å². The number of hydrazine groups is 1. The lowest BCUT2D eigenvalue weighted by molar-refractivity contribution is -0.117. The van der Waals surface area contributed by atoms with Crippen LogP contribution in [0.25, 0.3) is 0 Å². The summed E-state index contributed by atoms with van der Waals surface area (Å²) >= 11 is 3.48. The molecule has 1 aliphatic carbocycles. The Morgan fingerprint density at radius 2 is 1.70 bits per heavy atom. The lowest BCUT2D eigenvalue weighted by Gasteiger charge is -2.47. The Morgan fingerprint density at radius 1 is 1.00 bits per heavy atom. The first-order valence-corrected chi connectivity index (χ1v) is 12.0. The van der Waals surface area contributed by atoms with Gasteiger partial charge in [0.05, 0.1) is 30.8 Å². The van der Waals surface area contributed by atoms with E-state index < -0.39 is 5.92 Å². The van der Waals surface area contributed by atoms with Gasteiger partial charge in [0.1, 0.15) is 5.82 Å². The summed E-state index contributed by atoms with van der Waals surface area (Å²) in [6, 6.07) is 20.3. The Morgan fingerprint density at radius 3 is 2.36 bits per heavy atom. The zero-order valence-electron chi connectivity index (χ0n) is 18.2. The zero-order valence-corrected chi connectivity index (χ0v) is 19.8. The summed E-state index contributed by atoms with van der Waals surface area (Å²) in [5, 5.41) is 14.2. The smallest absolute Gasteiger partial charge is 0.162 e. The van der Waals surface area contributed by atoms with E-state index in [9.17, 15) is 10.1 Å². The van der Waals surface area contributed by atoms with Crippen LogP contribution in [-0.2, 0) is 9.53 Å². The first kappa shape index (κ1) is 21.9. The number of carbonyl (C=O) groups excluding carboxylic acids is 1. The fourth-order valence-corrected chi connectivity index (χ4v) is 5.40. The van der Waals surface area contributed by atoms with E-state index >= 15 is 0 Å². The van der Waals surface area contributed by atoms with Gasteiger partial charge in [-0.1, -0.05) is 58.4 Å². The number of hydrogen-bond acceptors (Lipinski definition) is 6. The Hall–Kier alpha value is -2.92. The van der Waals surface area contributed by atoms with Crippen molar-refractivity contribution in [1.29, 1.82) is 5.26 Å². The molecule has 2 aromatic rings. The number of nitrogens with zero attached hydrogens (tertiary/aromatic N) is 3. The third kappa shape index (κ3) is 3.99. The Kier molecular flexibility index (Phi) is 6.07. The predicted molar refractivity (Wildman–Crippen MR) is 128 cm³/mol. The molecule has 0 aromatic heterocycles. The fraction of sp³-hybridized carbons (Fsp3) is 0.308. The topological polar surface area (TPSA) is 82.6 Å². The number of halogens is 1. The van der Waals surface area contributed by atoms with Crippen molar-refractivity contribution in [2.45, 2.75) is 24.7 Å². The molecular formula is C26H25BrN4O2. The van der Waals surface area contributed by atoms with Gasteiger partial charge in [-0.25, -0.2) is 5.01 Å². The van der Waals surface area contributed by atoms with Crippen molar-refractivity contribution in [3.63, 3.8) is 0 Å². The van der Waals surface area contributed by atoms with Crippen LogP contribution in [0, 0.1) is 11.3 Å². The number of rotatable bonds is 3. The minimum absolute atomic E-state index is 0.0722. The predicted octanol–water partition coefficient (Wildman–Crippen LogP) is 4.19. The molecule has 0 unspecified atom stereocenters. The molecule has 2 N–H and O–H groups in total. The highest BCUT2D eigenvalue weighted by molar-refractivity contribution is 9.10. The molecule has 0 spiro atoms. The normalized spacial score (nSPS) is 24.0. The van der Waals surface area contributed by atoms with Gasteiger partial charge in [-0.3, -0.25) is 9.80 Å². The van der Waals surface area contributed by atoms with Crippen LogP contribution in [0.15, 0.2) is 81.7 Å². The molecule has 2 aliphatic heterocycles. The maximum Gasteiger partial charge on any atom is 0.162 e. The van der Waals surface area contributed by atoms with Crippen molar-refractivity contribution in [3.8, 4) is 6.07 Å². The molecule has 0 bridgehead atoms. The van der Waals surface area contributed by atoms with Crippen molar-refractivity contribution in [2.24, 2.45) is 5.73 Å². The molecule has 0 saturated carbocycles. The van der Waals surface area contributed by atoms with Crippen molar-refractivity contribution in [1.82, 2.24) is 10.0 Å². The number of carbonyl (C=O) groups is 1. The molecule has 33 heavy (non-hydrogen) atoms. The quantitative estimate of drug-likeness (QED) is 0.674. The number of morpholine rings is 1. The molecule has 5 rings (SSSR count). The second-order valence-corrected chi connectivity index (χ2v) is 9.49. The van der Waals surface area contributed by atoms with Crippen LogP contribution in [0.5, 0.6) is 0 Å². The van der Waals surface area contributed by atoms with E-state index in [4.69, 9.17) is 10.5 Å². The molecule has 2 atom stereocenters. The first-order valence-electron chi connectivity index (χ1n) is 11.2. The number of allylic oxidation sites excluding steroid dienone is 3. The van der Waals surface area contributed by atoms with Gasteiger partial charge in [0, 0.05) is 35.3 Å². The van der Waals surface area contributed by atoms with E-state index in [0.29, 0.717) is 56.1 Å². The van der Waals surface area contributed by atoms with Crippen molar-refractivity contribution in [2.75, 3.05) is 26.3 Å². The minimum Gasteiger partial charge on any atom is -0.383 e. The lowest BCUT2D eigenvalue weighted by atomic mass is 9.72. The van der Waals surface area contributed by atoms with E-state index in [1.807, 2.05) is 47.5 Å². The van der Waals surface area contributed by atoms with Gasteiger partial charge in [0.15, 0.2) is 5.78 Å². The van der Waals surface area contributed by atoms with E-state index in [-0.39, 0.29) is 11.7 Å². The maximum atomic E-state index is 13.7. The maximum absolute atomic E-state index is 13.7. The molecule has 1 saturated heterocycles. The van der Waals surface area contributed by atoms with Crippen LogP contribution in [0.2, 0.25) is 0 Å². The van der Waals surface area contributed by atoms with Gasteiger partial charge in [0.25, 0.3) is 0 Å². The molecule has 0 amide bonds. The molecule has 2 heterocycles. The van der Waals surface area contributed by atoms with Gasteiger partial charge in [-0.05, 0) is 35.6 Å². The Balaban J connectivity index is 1.66. The van der Waals surface area contributed by atoms with Crippen molar-refractivity contribution >= 4 is 21.7 Å². The standard InChI is InChI=1S/C26H25BrN4O2/c27-20-8-6-18(7-9-20)24-21(16-28)26(29)31(30-10-12-33-13-11-30)22-14-19(15-23(32)25(22)24)17-4-2-1-3-5-17/h1-9,19,24H,10-15,29H2/t19-,24+/m1/s1. The summed E-state index contributed by atoms with van der Waals surface area (Å²) < 4.78 is 6.50. The summed E-state index contributed by atoms with van der Waals surface area (Å²) in [6.07, 6.45) is 1.11. The van der Waals surface area contributed by atoms with E-state index in [2.05, 4.69) is 39.1 Å². The highest BCUT2D eigenvalue weighted by Gasteiger charge is 2.44. The summed E-state index contributed by atoms with van der Waals surface area (Å²) in [7, 11) is 0. The Labute approximate surface area is 202 Å². The summed E-state index contributed by atoms with van der Waals surface area (Å²) in [4.78, 5) is 13.7. The van der Waals surface area contributed by atoms with Gasteiger partial charge < -0.3 is 10.5 Å². The summed E-state index contributed by atoms with van der Waals surface area (Å²) in [6.45, 7) is 2.48. The lowest BCUT2D eigenvalue weighted by Crippen LogP contribution is -2.52. The average molecular weight is 505 g/mol. The molecule has 0 radical (unpaired) electrons. The minimum atomic E-state index is -0.459. The largest absolute Gasteiger partial charge is 0.383 e. The van der Waals surface area contributed by atoms with Gasteiger partial charge in [-0.15, -0.1) is 0 Å². The number of ketones is 1. The van der Waals surface area contributed by atoms with E-state index in [0.717, 1.165) is 21.3 Å². The third-order valence-corrected chi connectivity index (χ3v) is 7.21. The molecule has 168 valence electrons. The molecular weight excluding hydrogens is 480 g/mol. The molecule has 2 aromatic carbocycles. The van der Waals surface area contributed by atoms with Crippen LogP contribution in [0.3, 0.4) is 0 Å². The molecule has 3 aliphatic rings. The SMILES string of the molecule is N#CC1=C(N)N(N2CCOCC2)C2=C(C(=O)C[C@H](c3ccccc3)C2)[C@H]1c1ccc(Br)cc1. The zero-order chi connectivity index (χ0) is 22.9. The highest BCUT2D eigenvalue weighted by Crippen LogP contribution is 2.48. The molecule has 1 fully saturated rings. The number of nitrogens with two attached hydrogens (primary N) is 1. The second-order valence-electron chi connectivity index (χ2n) is 8.57. The highest BCUT2D eigenvalue weighted by atomic mass is 79.9. The van der Waals surface area contributed by atoms with Gasteiger partial charge >= 0.3 is 0 Å². The van der Waals surface area contributed by atoms with Crippen molar-refractivity contribution in [3.05, 3.63) is 92.9 Å². The van der Waals surface area contributed by atoms with Gasteiger partial charge in [0.2, 0.25) is 0 Å². The average Bonchev–Trinajstić information content (AvgIpc) is 2.85. The van der Waals surface area contributed by atoms with Crippen LogP contribution >= 0.6 is 15.9 Å². The fourth-order valence-electron chi connectivity index (χ4n) is 5.14. The number of ether oxygens (including phenoxy) is 1. The number of nitriles is 1. The monoisotopic (exact) mass is 504 g/mol. The summed E-state index contributed by atoms with van der Waals surface area (Å²) in [5.41, 5.74) is 10.8. The van der Waals surface area contributed by atoms with Crippen molar-refractivity contribution < 1.29 is 9.53 Å². The van der Waals surface area contributed by atoms with E-state index in [1.165, 1.54) is 0 Å². The molecule has 6 nitrogen and oxygen atoms in total. The van der Waals surface area contributed by atoms with Gasteiger partial charge in [-0.2, -0.15) is 5.26 Å². The van der Waals surface area contributed by atoms with Crippen LogP contribution in [-0.4, -0.2) is 42.1 Å².